The summed E-state index contributed by atoms with van der Waals surface area (Å²) in [4.78, 5) is 14.0. The minimum Gasteiger partial charge on any atom is -0.477 e. The Morgan fingerprint density at radius 1 is 1.24 bits per heavy atom. The van der Waals surface area contributed by atoms with Crippen LogP contribution in [-0.4, -0.2) is 34.2 Å². The third kappa shape index (κ3) is 4.34. The molecule has 1 aliphatic rings. The molecule has 0 saturated carbocycles. The molecule has 5 nitrogen and oxygen atoms in total. The second-order valence-corrected chi connectivity index (χ2v) is 8.78. The van der Waals surface area contributed by atoms with E-state index in [0.29, 0.717) is 6.04 Å². The zero-order valence-electron chi connectivity index (χ0n) is 15.6. The molecule has 3 rings (SSSR count). The van der Waals surface area contributed by atoms with E-state index in [-0.39, 0.29) is 16.6 Å². The summed E-state index contributed by atoms with van der Waals surface area (Å²) < 4.78 is 0. The number of fused-ring (bicyclic) bond motifs is 1. The molecule has 1 saturated heterocycles. The lowest BCUT2D eigenvalue weighted by molar-refractivity contribution is 0.0691. The number of aromatic carboxylic acids is 1. The van der Waals surface area contributed by atoms with Crippen molar-refractivity contribution in [3.05, 3.63) is 30.0 Å². The molecule has 1 unspecified atom stereocenters. The van der Waals surface area contributed by atoms with Gasteiger partial charge in [-0.2, -0.15) is 0 Å². The summed E-state index contributed by atoms with van der Waals surface area (Å²) in [6.45, 7) is 10.2. The minimum atomic E-state index is -0.929. The number of aromatic nitrogens is 1. The van der Waals surface area contributed by atoms with Gasteiger partial charge in [0, 0.05) is 28.2 Å². The van der Waals surface area contributed by atoms with E-state index in [0.717, 1.165) is 42.4 Å². The SMILES string of the molecule is CC1(C)CC(Nc2ccc3[nH]c(C(=O)O)cc3c2)CCNC(C)(C)C1. The number of anilines is 1. The van der Waals surface area contributed by atoms with Crippen LogP contribution < -0.4 is 10.6 Å². The van der Waals surface area contributed by atoms with Gasteiger partial charge in [-0.3, -0.25) is 0 Å². The monoisotopic (exact) mass is 343 g/mol. The Bertz CT molecular complexity index is 776. The van der Waals surface area contributed by atoms with Crippen LogP contribution in [0.2, 0.25) is 0 Å². The standard InChI is InChI=1S/C20H29N3O2/c1-19(2)11-15(7-8-21-20(3,4)12-19)22-14-5-6-16-13(9-14)10-17(23-16)18(24)25/h5-6,9-10,15,21-23H,7-8,11-12H2,1-4H3,(H,24,25). The number of H-pyrrole nitrogens is 1. The third-order valence-electron chi connectivity index (χ3n) is 5.04. The molecule has 1 aromatic heterocycles. The maximum absolute atomic E-state index is 11.1. The average Bonchev–Trinajstić information content (AvgIpc) is 2.87. The van der Waals surface area contributed by atoms with Gasteiger partial charge in [0.25, 0.3) is 0 Å². The molecule has 0 spiro atoms. The summed E-state index contributed by atoms with van der Waals surface area (Å²) >= 11 is 0. The second-order valence-electron chi connectivity index (χ2n) is 8.78. The smallest absolute Gasteiger partial charge is 0.352 e. The van der Waals surface area contributed by atoms with Crippen molar-refractivity contribution >= 4 is 22.6 Å². The molecule has 1 fully saturated rings. The molecule has 4 N–H and O–H groups in total. The third-order valence-corrected chi connectivity index (χ3v) is 5.04. The molecule has 0 amide bonds. The Morgan fingerprint density at radius 2 is 2.00 bits per heavy atom. The Kier molecular flexibility index (Phi) is 4.54. The molecule has 0 bridgehead atoms. The normalized spacial score (nSPS) is 23.0. The molecule has 0 radical (unpaired) electrons. The van der Waals surface area contributed by atoms with Crippen LogP contribution in [0.3, 0.4) is 0 Å². The number of carboxylic acids is 1. The lowest BCUT2D eigenvalue weighted by atomic mass is 9.74. The van der Waals surface area contributed by atoms with Gasteiger partial charge in [-0.15, -0.1) is 0 Å². The first kappa shape index (κ1) is 17.8. The fraction of sp³-hybridized carbons (Fsp3) is 0.550. The highest BCUT2D eigenvalue weighted by atomic mass is 16.4. The molecular weight excluding hydrogens is 314 g/mol. The Labute approximate surface area is 149 Å². The van der Waals surface area contributed by atoms with Crippen molar-refractivity contribution < 1.29 is 9.90 Å². The molecule has 2 aromatic rings. The van der Waals surface area contributed by atoms with Gasteiger partial charge in [0.1, 0.15) is 5.69 Å². The molecule has 0 aliphatic carbocycles. The van der Waals surface area contributed by atoms with E-state index < -0.39 is 5.97 Å². The van der Waals surface area contributed by atoms with Crippen LogP contribution in [0.25, 0.3) is 10.9 Å². The summed E-state index contributed by atoms with van der Waals surface area (Å²) in [5.41, 5.74) is 2.55. The highest BCUT2D eigenvalue weighted by Gasteiger charge is 2.33. The maximum Gasteiger partial charge on any atom is 0.352 e. The van der Waals surface area contributed by atoms with Crippen LogP contribution in [0.15, 0.2) is 24.3 Å². The van der Waals surface area contributed by atoms with Gasteiger partial charge in [-0.1, -0.05) is 13.8 Å². The van der Waals surface area contributed by atoms with Gasteiger partial charge in [0.05, 0.1) is 0 Å². The van der Waals surface area contributed by atoms with Crippen LogP contribution in [0.1, 0.15) is 57.4 Å². The van der Waals surface area contributed by atoms with Crippen molar-refractivity contribution in [3.63, 3.8) is 0 Å². The zero-order chi connectivity index (χ0) is 18.2. The maximum atomic E-state index is 11.1. The fourth-order valence-corrected chi connectivity index (χ4v) is 4.38. The van der Waals surface area contributed by atoms with Gasteiger partial charge in [0.2, 0.25) is 0 Å². The summed E-state index contributed by atoms with van der Waals surface area (Å²) in [6, 6.07) is 8.08. The van der Waals surface area contributed by atoms with Crippen molar-refractivity contribution in [1.82, 2.24) is 10.3 Å². The Balaban J connectivity index is 1.76. The van der Waals surface area contributed by atoms with E-state index in [9.17, 15) is 4.79 Å². The number of hydrogen-bond donors (Lipinski definition) is 4. The predicted molar refractivity (Wildman–Crippen MR) is 102 cm³/mol. The number of carboxylic acid groups (broad SMARTS) is 1. The van der Waals surface area contributed by atoms with E-state index >= 15 is 0 Å². The molecule has 1 aliphatic heterocycles. The number of nitrogens with one attached hydrogen (secondary N) is 3. The fourth-order valence-electron chi connectivity index (χ4n) is 4.38. The van der Waals surface area contributed by atoms with Crippen molar-refractivity contribution in [2.45, 2.75) is 58.5 Å². The number of aromatic amines is 1. The van der Waals surface area contributed by atoms with E-state index in [4.69, 9.17) is 5.11 Å². The lowest BCUT2D eigenvalue weighted by Gasteiger charge is -2.41. The minimum absolute atomic E-state index is 0.172. The van der Waals surface area contributed by atoms with Gasteiger partial charge in [-0.05, 0) is 69.3 Å². The van der Waals surface area contributed by atoms with Crippen LogP contribution in [0.4, 0.5) is 5.69 Å². The molecular formula is C20H29N3O2. The zero-order valence-corrected chi connectivity index (χ0v) is 15.6. The van der Waals surface area contributed by atoms with Gasteiger partial charge < -0.3 is 20.7 Å². The van der Waals surface area contributed by atoms with Gasteiger partial charge in [0.15, 0.2) is 0 Å². The summed E-state index contributed by atoms with van der Waals surface area (Å²) in [5.74, 6) is -0.929. The molecule has 1 aromatic carbocycles. The first-order valence-electron chi connectivity index (χ1n) is 9.01. The molecule has 5 heteroatoms. The van der Waals surface area contributed by atoms with Crippen molar-refractivity contribution in [2.24, 2.45) is 5.41 Å². The molecule has 2 heterocycles. The predicted octanol–water partition coefficient (Wildman–Crippen LogP) is 4.22. The van der Waals surface area contributed by atoms with Crippen LogP contribution in [0.5, 0.6) is 0 Å². The summed E-state index contributed by atoms with van der Waals surface area (Å²) in [6.07, 6.45) is 3.32. The first-order valence-corrected chi connectivity index (χ1v) is 9.01. The van der Waals surface area contributed by atoms with Gasteiger partial charge >= 0.3 is 5.97 Å². The van der Waals surface area contributed by atoms with E-state index in [1.54, 1.807) is 6.07 Å². The lowest BCUT2D eigenvalue weighted by Crippen LogP contribution is -2.48. The summed E-state index contributed by atoms with van der Waals surface area (Å²) in [5, 5.41) is 17.4. The van der Waals surface area contributed by atoms with E-state index in [2.05, 4.69) is 43.3 Å². The van der Waals surface area contributed by atoms with Crippen molar-refractivity contribution in [1.29, 1.82) is 0 Å². The molecule has 136 valence electrons. The number of hydrogen-bond acceptors (Lipinski definition) is 3. The topological polar surface area (TPSA) is 77.2 Å². The Hall–Kier alpha value is -2.01. The van der Waals surface area contributed by atoms with E-state index in [1.165, 1.54) is 0 Å². The van der Waals surface area contributed by atoms with Crippen molar-refractivity contribution in [3.8, 4) is 0 Å². The average molecular weight is 343 g/mol. The number of benzene rings is 1. The number of carbonyl (C=O) groups is 1. The number of rotatable bonds is 3. The second kappa shape index (κ2) is 6.37. The van der Waals surface area contributed by atoms with E-state index in [1.807, 2.05) is 18.2 Å². The van der Waals surface area contributed by atoms with Crippen LogP contribution in [-0.2, 0) is 0 Å². The van der Waals surface area contributed by atoms with Crippen LogP contribution in [0, 0.1) is 5.41 Å². The largest absolute Gasteiger partial charge is 0.477 e. The van der Waals surface area contributed by atoms with Crippen molar-refractivity contribution in [2.75, 3.05) is 11.9 Å². The highest BCUT2D eigenvalue weighted by Crippen LogP contribution is 2.35. The molecule has 25 heavy (non-hydrogen) atoms. The highest BCUT2D eigenvalue weighted by molar-refractivity contribution is 5.94. The van der Waals surface area contributed by atoms with Crippen LogP contribution >= 0.6 is 0 Å². The Morgan fingerprint density at radius 3 is 2.72 bits per heavy atom. The summed E-state index contributed by atoms with van der Waals surface area (Å²) in [7, 11) is 0. The quantitative estimate of drug-likeness (QED) is 0.673. The molecule has 1 atom stereocenters. The van der Waals surface area contributed by atoms with Gasteiger partial charge in [-0.25, -0.2) is 4.79 Å². The first-order chi connectivity index (χ1) is 11.6.